The van der Waals surface area contributed by atoms with Crippen molar-refractivity contribution in [2.24, 2.45) is 5.73 Å². The first kappa shape index (κ1) is 15.4. The van der Waals surface area contributed by atoms with Crippen LogP contribution in [0.2, 0.25) is 0 Å². The third kappa shape index (κ3) is 3.57. The molecule has 3 nitrogen and oxygen atoms in total. The molecule has 4 heteroatoms. The topological polar surface area (TPSA) is 38.5 Å². The minimum atomic E-state index is -0.203. The van der Waals surface area contributed by atoms with Crippen molar-refractivity contribution in [3.8, 4) is 0 Å². The molecule has 1 heterocycles. The Labute approximate surface area is 120 Å². The first-order valence-electron chi connectivity index (χ1n) is 7.43. The molecule has 0 amide bonds. The standard InChI is InChI=1S/C16H25FN2O/c1-3-15(18)16(12-6-8-13(17)9-7-12)19-10-4-5-14(11-19)20-2/h6-9,14-16H,3-5,10-11,18H2,1-2H3. The highest BCUT2D eigenvalue weighted by molar-refractivity contribution is 5.22. The molecule has 2 N–H and O–H groups in total. The maximum atomic E-state index is 13.1. The van der Waals surface area contributed by atoms with Crippen LogP contribution >= 0.6 is 0 Å². The lowest BCUT2D eigenvalue weighted by molar-refractivity contribution is 0.00898. The molecule has 112 valence electrons. The van der Waals surface area contributed by atoms with Gasteiger partial charge in [0.1, 0.15) is 5.82 Å². The molecule has 1 aliphatic heterocycles. The number of halogens is 1. The second kappa shape index (κ2) is 7.16. The molecule has 0 aliphatic carbocycles. The van der Waals surface area contributed by atoms with Gasteiger partial charge in [0.25, 0.3) is 0 Å². The second-order valence-corrected chi connectivity index (χ2v) is 5.56. The fourth-order valence-electron chi connectivity index (χ4n) is 3.02. The van der Waals surface area contributed by atoms with E-state index >= 15 is 0 Å². The van der Waals surface area contributed by atoms with Crippen LogP contribution in [-0.2, 0) is 4.74 Å². The monoisotopic (exact) mass is 280 g/mol. The van der Waals surface area contributed by atoms with E-state index < -0.39 is 0 Å². The molecule has 1 aromatic rings. The average molecular weight is 280 g/mol. The number of methoxy groups -OCH3 is 1. The van der Waals surface area contributed by atoms with Crippen LogP contribution in [0.1, 0.15) is 37.8 Å². The zero-order valence-corrected chi connectivity index (χ0v) is 12.4. The van der Waals surface area contributed by atoms with Crippen LogP contribution in [0.4, 0.5) is 4.39 Å². The minimum absolute atomic E-state index is 0.0519. The van der Waals surface area contributed by atoms with Gasteiger partial charge in [-0.3, -0.25) is 4.90 Å². The third-order valence-corrected chi connectivity index (χ3v) is 4.22. The summed E-state index contributed by atoms with van der Waals surface area (Å²) in [6.07, 6.45) is 3.39. The Morgan fingerprint density at radius 2 is 2.10 bits per heavy atom. The predicted octanol–water partition coefficient (Wildman–Crippen LogP) is 2.71. The van der Waals surface area contributed by atoms with Gasteiger partial charge in [-0.15, -0.1) is 0 Å². The first-order valence-corrected chi connectivity index (χ1v) is 7.43. The fourth-order valence-corrected chi connectivity index (χ4v) is 3.02. The summed E-state index contributed by atoms with van der Waals surface area (Å²) in [5.74, 6) is -0.203. The molecule has 0 saturated carbocycles. The number of piperidine rings is 1. The second-order valence-electron chi connectivity index (χ2n) is 5.56. The van der Waals surface area contributed by atoms with Gasteiger partial charge in [-0.25, -0.2) is 4.39 Å². The predicted molar refractivity (Wildman–Crippen MR) is 79.0 cm³/mol. The van der Waals surface area contributed by atoms with E-state index in [1.54, 1.807) is 7.11 Å². The molecule has 1 fully saturated rings. The Morgan fingerprint density at radius 1 is 1.40 bits per heavy atom. The number of hydrogen-bond donors (Lipinski definition) is 1. The lowest BCUT2D eigenvalue weighted by Crippen LogP contribution is -2.47. The summed E-state index contributed by atoms with van der Waals surface area (Å²) in [5, 5.41) is 0. The quantitative estimate of drug-likeness (QED) is 0.901. The van der Waals surface area contributed by atoms with E-state index in [9.17, 15) is 4.39 Å². The van der Waals surface area contributed by atoms with Crippen LogP contribution < -0.4 is 5.73 Å². The normalized spacial score (nSPS) is 23.5. The van der Waals surface area contributed by atoms with Gasteiger partial charge in [0.15, 0.2) is 0 Å². The molecule has 1 aliphatic rings. The maximum absolute atomic E-state index is 13.1. The summed E-state index contributed by atoms with van der Waals surface area (Å²) in [5.41, 5.74) is 7.42. The molecule has 0 bridgehead atoms. The zero-order valence-electron chi connectivity index (χ0n) is 12.4. The van der Waals surface area contributed by atoms with Crippen molar-refractivity contribution >= 4 is 0 Å². The Morgan fingerprint density at radius 3 is 2.70 bits per heavy atom. The highest BCUT2D eigenvalue weighted by Crippen LogP contribution is 2.29. The minimum Gasteiger partial charge on any atom is -0.380 e. The lowest BCUT2D eigenvalue weighted by Gasteiger charge is -2.40. The molecule has 3 atom stereocenters. The van der Waals surface area contributed by atoms with Gasteiger partial charge in [-0.1, -0.05) is 19.1 Å². The number of nitrogens with two attached hydrogens (primary N) is 1. The van der Waals surface area contributed by atoms with Gasteiger partial charge < -0.3 is 10.5 Å². The Hall–Kier alpha value is -0.970. The zero-order chi connectivity index (χ0) is 14.5. The molecule has 20 heavy (non-hydrogen) atoms. The van der Waals surface area contributed by atoms with Crippen molar-refractivity contribution in [3.63, 3.8) is 0 Å². The van der Waals surface area contributed by atoms with Gasteiger partial charge in [0, 0.05) is 25.7 Å². The van der Waals surface area contributed by atoms with Crippen molar-refractivity contribution in [1.29, 1.82) is 0 Å². The van der Waals surface area contributed by atoms with E-state index in [0.29, 0.717) is 0 Å². The van der Waals surface area contributed by atoms with Crippen molar-refractivity contribution < 1.29 is 9.13 Å². The van der Waals surface area contributed by atoms with Gasteiger partial charge in [-0.2, -0.15) is 0 Å². The van der Waals surface area contributed by atoms with Crippen LogP contribution in [0.25, 0.3) is 0 Å². The Bertz CT molecular complexity index is 409. The summed E-state index contributed by atoms with van der Waals surface area (Å²) < 4.78 is 18.6. The van der Waals surface area contributed by atoms with Crippen LogP contribution in [0, 0.1) is 5.82 Å². The molecule has 3 unspecified atom stereocenters. The summed E-state index contributed by atoms with van der Waals surface area (Å²) in [7, 11) is 1.76. The summed E-state index contributed by atoms with van der Waals surface area (Å²) in [6, 6.07) is 6.93. The van der Waals surface area contributed by atoms with Crippen LogP contribution in [0.15, 0.2) is 24.3 Å². The number of ether oxygens (including phenoxy) is 1. The number of hydrogen-bond acceptors (Lipinski definition) is 3. The van der Waals surface area contributed by atoms with Crippen molar-refractivity contribution in [2.45, 2.75) is 44.4 Å². The highest BCUT2D eigenvalue weighted by atomic mass is 19.1. The van der Waals surface area contributed by atoms with Gasteiger partial charge in [-0.05, 0) is 43.5 Å². The highest BCUT2D eigenvalue weighted by Gasteiger charge is 2.30. The molecular formula is C16H25FN2O. The van der Waals surface area contributed by atoms with E-state index in [1.165, 1.54) is 12.1 Å². The Kier molecular flexibility index (Phi) is 5.52. The van der Waals surface area contributed by atoms with E-state index in [1.807, 2.05) is 12.1 Å². The molecule has 1 aromatic carbocycles. The van der Waals surface area contributed by atoms with Gasteiger partial charge in [0.05, 0.1) is 6.10 Å². The van der Waals surface area contributed by atoms with E-state index in [2.05, 4.69) is 11.8 Å². The smallest absolute Gasteiger partial charge is 0.123 e. The molecule has 0 radical (unpaired) electrons. The molecular weight excluding hydrogens is 255 g/mol. The van der Waals surface area contributed by atoms with Crippen LogP contribution in [0.5, 0.6) is 0 Å². The number of benzene rings is 1. The summed E-state index contributed by atoms with van der Waals surface area (Å²) in [4.78, 5) is 2.39. The average Bonchev–Trinajstić information content (AvgIpc) is 2.49. The van der Waals surface area contributed by atoms with Crippen LogP contribution in [0.3, 0.4) is 0 Å². The maximum Gasteiger partial charge on any atom is 0.123 e. The molecule has 0 aromatic heterocycles. The largest absolute Gasteiger partial charge is 0.380 e. The van der Waals surface area contributed by atoms with Crippen molar-refractivity contribution in [3.05, 3.63) is 35.6 Å². The molecule has 2 rings (SSSR count). The van der Waals surface area contributed by atoms with E-state index in [0.717, 1.165) is 37.9 Å². The molecule has 0 spiro atoms. The first-order chi connectivity index (χ1) is 9.65. The van der Waals surface area contributed by atoms with Crippen LogP contribution in [-0.4, -0.2) is 37.2 Å². The van der Waals surface area contributed by atoms with Crippen molar-refractivity contribution in [2.75, 3.05) is 20.2 Å². The van der Waals surface area contributed by atoms with Gasteiger partial charge >= 0.3 is 0 Å². The fraction of sp³-hybridized carbons (Fsp3) is 0.625. The summed E-state index contributed by atoms with van der Waals surface area (Å²) >= 11 is 0. The van der Waals surface area contributed by atoms with Crippen molar-refractivity contribution in [1.82, 2.24) is 4.90 Å². The van der Waals surface area contributed by atoms with Gasteiger partial charge in [0.2, 0.25) is 0 Å². The Balaban J connectivity index is 2.20. The number of likely N-dealkylation sites (tertiary alicyclic amines) is 1. The number of rotatable bonds is 5. The number of nitrogens with zero attached hydrogens (tertiary/aromatic N) is 1. The SMILES string of the molecule is CCC(N)C(c1ccc(F)cc1)N1CCCC(OC)C1. The third-order valence-electron chi connectivity index (χ3n) is 4.22. The van der Waals surface area contributed by atoms with E-state index in [-0.39, 0.29) is 24.0 Å². The molecule has 1 saturated heterocycles. The van der Waals surface area contributed by atoms with E-state index in [4.69, 9.17) is 10.5 Å². The summed E-state index contributed by atoms with van der Waals surface area (Å²) in [6.45, 7) is 4.01. The lowest BCUT2D eigenvalue weighted by atomic mass is 9.93.